The molecule has 0 unspecified atom stereocenters. The van der Waals surface area contributed by atoms with Gasteiger partial charge in [-0.1, -0.05) is 66.7 Å². The molecule has 0 atom stereocenters. The fourth-order valence-electron chi connectivity index (χ4n) is 3.98. The van der Waals surface area contributed by atoms with Crippen molar-refractivity contribution in [1.29, 1.82) is 0 Å². The Labute approximate surface area is 161 Å². The van der Waals surface area contributed by atoms with Gasteiger partial charge in [0.15, 0.2) is 5.82 Å². The summed E-state index contributed by atoms with van der Waals surface area (Å²) >= 11 is 0. The van der Waals surface area contributed by atoms with E-state index in [9.17, 15) is 0 Å². The molecule has 130 valence electrons. The molecule has 3 heteroatoms. The maximum absolute atomic E-state index is 4.86. The summed E-state index contributed by atoms with van der Waals surface area (Å²) in [4.78, 5) is 14.5. The first-order chi connectivity index (χ1) is 13.9. The summed E-state index contributed by atoms with van der Waals surface area (Å²) in [5.41, 5.74) is 6.20. The van der Waals surface area contributed by atoms with Crippen LogP contribution in [0.1, 0.15) is 0 Å². The number of rotatable bonds is 2. The largest absolute Gasteiger partial charge is 0.256 e. The van der Waals surface area contributed by atoms with E-state index in [2.05, 4.69) is 42.5 Å². The van der Waals surface area contributed by atoms with E-state index in [0.29, 0.717) is 0 Å². The molecule has 0 aliphatic heterocycles. The van der Waals surface area contributed by atoms with Gasteiger partial charge in [-0.25, -0.2) is 9.97 Å². The molecule has 6 rings (SSSR count). The lowest BCUT2D eigenvalue weighted by molar-refractivity contribution is 1.26. The molecule has 28 heavy (non-hydrogen) atoms. The molecule has 4 aromatic carbocycles. The Morgan fingerprint density at radius 2 is 1.11 bits per heavy atom. The van der Waals surface area contributed by atoms with E-state index in [0.717, 1.165) is 44.3 Å². The van der Waals surface area contributed by atoms with Crippen molar-refractivity contribution in [3.63, 3.8) is 0 Å². The van der Waals surface area contributed by atoms with Crippen LogP contribution in [0.4, 0.5) is 0 Å². The molecule has 0 aliphatic carbocycles. The SMILES string of the molecule is c1ccc(-c2nc3ccc4ncc(-c5ccccc5)c5ccc(n2)c3c45)cc1. The van der Waals surface area contributed by atoms with Crippen molar-refractivity contribution in [2.75, 3.05) is 0 Å². The first-order valence-corrected chi connectivity index (χ1v) is 9.31. The van der Waals surface area contributed by atoms with Crippen LogP contribution in [-0.4, -0.2) is 15.0 Å². The van der Waals surface area contributed by atoms with Crippen LogP contribution in [0.5, 0.6) is 0 Å². The molecule has 2 aromatic heterocycles. The van der Waals surface area contributed by atoms with Crippen LogP contribution in [0.15, 0.2) is 91.1 Å². The first kappa shape index (κ1) is 15.2. The average Bonchev–Trinajstić information content (AvgIpc) is 2.78. The highest BCUT2D eigenvalue weighted by atomic mass is 14.9. The first-order valence-electron chi connectivity index (χ1n) is 9.31. The summed E-state index contributed by atoms with van der Waals surface area (Å²) in [7, 11) is 0. The molecule has 0 fully saturated rings. The lowest BCUT2D eigenvalue weighted by Crippen LogP contribution is -1.95. The van der Waals surface area contributed by atoms with Crippen LogP contribution >= 0.6 is 0 Å². The number of nitrogens with zero attached hydrogens (tertiary/aromatic N) is 3. The molecule has 0 radical (unpaired) electrons. The van der Waals surface area contributed by atoms with Crippen LogP contribution in [0.25, 0.3) is 55.2 Å². The van der Waals surface area contributed by atoms with Crippen molar-refractivity contribution >= 4 is 32.7 Å². The minimum Gasteiger partial charge on any atom is -0.256 e. The Hall–Kier alpha value is -3.85. The normalized spacial score (nSPS) is 11.6. The lowest BCUT2D eigenvalue weighted by atomic mass is 9.95. The van der Waals surface area contributed by atoms with Gasteiger partial charge in [-0.3, -0.25) is 4.98 Å². The van der Waals surface area contributed by atoms with Crippen LogP contribution in [0.2, 0.25) is 0 Å². The maximum Gasteiger partial charge on any atom is 0.160 e. The predicted molar refractivity (Wildman–Crippen MR) is 114 cm³/mol. The van der Waals surface area contributed by atoms with Crippen LogP contribution in [0, 0.1) is 0 Å². The van der Waals surface area contributed by atoms with Crippen molar-refractivity contribution in [3.8, 4) is 22.5 Å². The van der Waals surface area contributed by atoms with E-state index < -0.39 is 0 Å². The molecule has 0 saturated carbocycles. The second-order valence-electron chi connectivity index (χ2n) is 6.94. The smallest absolute Gasteiger partial charge is 0.160 e. The minimum absolute atomic E-state index is 0.753. The Kier molecular flexibility index (Phi) is 3.17. The van der Waals surface area contributed by atoms with E-state index >= 15 is 0 Å². The van der Waals surface area contributed by atoms with E-state index in [1.165, 1.54) is 10.9 Å². The molecule has 0 amide bonds. The van der Waals surface area contributed by atoms with E-state index in [4.69, 9.17) is 15.0 Å². The molecule has 0 aliphatic rings. The van der Waals surface area contributed by atoms with Gasteiger partial charge in [0.25, 0.3) is 0 Å². The van der Waals surface area contributed by atoms with Crippen molar-refractivity contribution in [3.05, 3.63) is 91.1 Å². The Bertz CT molecular complexity index is 1420. The molecule has 0 N–H and O–H groups in total. The van der Waals surface area contributed by atoms with Gasteiger partial charge in [0.1, 0.15) is 0 Å². The second-order valence-corrected chi connectivity index (χ2v) is 6.94. The van der Waals surface area contributed by atoms with E-state index in [1.54, 1.807) is 0 Å². The van der Waals surface area contributed by atoms with Gasteiger partial charge in [0.05, 0.1) is 16.6 Å². The zero-order chi connectivity index (χ0) is 18.5. The highest BCUT2D eigenvalue weighted by Crippen LogP contribution is 2.37. The van der Waals surface area contributed by atoms with Crippen molar-refractivity contribution < 1.29 is 0 Å². The average molecular weight is 357 g/mol. The Balaban J connectivity index is 1.71. The fraction of sp³-hybridized carbons (Fsp3) is 0. The van der Waals surface area contributed by atoms with Gasteiger partial charge in [0.2, 0.25) is 0 Å². The van der Waals surface area contributed by atoms with E-state index in [-0.39, 0.29) is 0 Å². The highest BCUT2D eigenvalue weighted by Gasteiger charge is 2.15. The zero-order valence-electron chi connectivity index (χ0n) is 15.0. The molecular formula is C25H15N3. The van der Waals surface area contributed by atoms with Crippen molar-refractivity contribution in [2.24, 2.45) is 0 Å². The van der Waals surface area contributed by atoms with E-state index in [1.807, 2.05) is 48.7 Å². The minimum atomic E-state index is 0.753. The topological polar surface area (TPSA) is 38.7 Å². The molecule has 0 bridgehead atoms. The van der Waals surface area contributed by atoms with Crippen LogP contribution in [0.3, 0.4) is 0 Å². The van der Waals surface area contributed by atoms with Gasteiger partial charge >= 0.3 is 0 Å². The predicted octanol–water partition coefficient (Wildman–Crippen LogP) is 6.10. The quantitative estimate of drug-likeness (QED) is 0.351. The van der Waals surface area contributed by atoms with Gasteiger partial charge in [-0.15, -0.1) is 0 Å². The molecule has 3 nitrogen and oxygen atoms in total. The molecule has 0 spiro atoms. The number of pyridine rings is 1. The lowest BCUT2D eigenvalue weighted by Gasteiger charge is -2.13. The standard InChI is InChI=1S/C25H15N3/c1-3-7-16(8-4-1)19-15-26-20-13-14-22-24-21(12-11-18(19)23(20)24)27-25(28-22)17-9-5-2-6-10-17/h1-15H. The fourth-order valence-corrected chi connectivity index (χ4v) is 3.98. The number of benzene rings is 4. The third kappa shape index (κ3) is 2.20. The zero-order valence-corrected chi connectivity index (χ0v) is 15.0. The maximum atomic E-state index is 4.86. The Morgan fingerprint density at radius 3 is 1.82 bits per heavy atom. The van der Waals surface area contributed by atoms with Crippen molar-refractivity contribution in [2.45, 2.75) is 0 Å². The summed E-state index contributed by atoms with van der Waals surface area (Å²) in [5.74, 6) is 0.753. The van der Waals surface area contributed by atoms with Gasteiger partial charge in [0, 0.05) is 28.1 Å². The summed E-state index contributed by atoms with van der Waals surface area (Å²) in [6, 6.07) is 28.9. The number of hydrogen-bond donors (Lipinski definition) is 0. The second kappa shape index (κ2) is 5.83. The van der Waals surface area contributed by atoms with Crippen LogP contribution < -0.4 is 0 Å². The third-order valence-corrected chi connectivity index (χ3v) is 5.29. The molecule has 0 saturated heterocycles. The van der Waals surface area contributed by atoms with Gasteiger partial charge in [-0.2, -0.15) is 0 Å². The highest BCUT2D eigenvalue weighted by molar-refractivity contribution is 6.23. The number of hydrogen-bond acceptors (Lipinski definition) is 3. The molecule has 2 heterocycles. The van der Waals surface area contributed by atoms with Crippen LogP contribution in [-0.2, 0) is 0 Å². The summed E-state index contributed by atoms with van der Waals surface area (Å²) < 4.78 is 0. The monoisotopic (exact) mass is 357 g/mol. The molecule has 6 aromatic rings. The van der Waals surface area contributed by atoms with Gasteiger partial charge in [-0.05, 0) is 29.1 Å². The third-order valence-electron chi connectivity index (χ3n) is 5.29. The summed E-state index contributed by atoms with van der Waals surface area (Å²) in [5, 5.41) is 3.40. The molecular weight excluding hydrogens is 342 g/mol. The summed E-state index contributed by atoms with van der Waals surface area (Å²) in [6.07, 6.45) is 1.97. The van der Waals surface area contributed by atoms with Crippen molar-refractivity contribution in [1.82, 2.24) is 15.0 Å². The Morgan fingerprint density at radius 1 is 0.500 bits per heavy atom. The summed E-state index contributed by atoms with van der Waals surface area (Å²) in [6.45, 7) is 0. The van der Waals surface area contributed by atoms with Gasteiger partial charge < -0.3 is 0 Å². The number of aromatic nitrogens is 3.